The summed E-state index contributed by atoms with van der Waals surface area (Å²) in [5.74, 6) is 0. The molecule has 0 aliphatic heterocycles. The second kappa shape index (κ2) is 6.05. The van der Waals surface area contributed by atoms with Gasteiger partial charge in [0.1, 0.15) is 4.90 Å². The maximum atomic E-state index is 11.8. The van der Waals surface area contributed by atoms with E-state index in [2.05, 4.69) is 26.0 Å². The smallest absolute Gasteiger partial charge is 0.242 e. The minimum Gasteiger partial charge on any atom is -0.398 e. The van der Waals surface area contributed by atoms with Crippen molar-refractivity contribution in [1.29, 1.82) is 0 Å². The Balaban J connectivity index is 2.33. The first-order valence-corrected chi connectivity index (χ1v) is 8.47. The number of nitrogen functional groups attached to an aromatic ring is 1. The summed E-state index contributed by atoms with van der Waals surface area (Å²) < 4.78 is 26.7. The number of nitrogens with one attached hydrogen (secondary N) is 2. The molecule has 0 aliphatic rings. The SMILES string of the molecule is CNS(=O)(=O)c1ccc(Nc2cc(C)cc(Br)c2)cc1N. The van der Waals surface area contributed by atoms with E-state index in [1.165, 1.54) is 13.1 Å². The highest BCUT2D eigenvalue weighted by Crippen LogP contribution is 2.26. The second-order valence-corrected chi connectivity index (χ2v) is 7.37. The molecular weight excluding hydrogens is 354 g/mol. The molecule has 0 fully saturated rings. The van der Waals surface area contributed by atoms with Gasteiger partial charge >= 0.3 is 0 Å². The van der Waals surface area contributed by atoms with Crippen molar-refractivity contribution in [2.45, 2.75) is 11.8 Å². The Morgan fingerprint density at radius 3 is 2.38 bits per heavy atom. The predicted molar refractivity (Wildman–Crippen MR) is 89.3 cm³/mol. The molecular formula is C14H16BrN3O2S. The van der Waals surface area contributed by atoms with Gasteiger partial charge in [-0.1, -0.05) is 15.9 Å². The maximum absolute atomic E-state index is 11.8. The third-order valence-electron chi connectivity index (χ3n) is 2.90. The molecule has 7 heteroatoms. The molecule has 0 aliphatic carbocycles. The van der Waals surface area contributed by atoms with Crippen LogP contribution in [0.5, 0.6) is 0 Å². The average molecular weight is 370 g/mol. The van der Waals surface area contributed by atoms with Gasteiger partial charge in [-0.05, 0) is 55.9 Å². The van der Waals surface area contributed by atoms with Gasteiger partial charge in [-0.3, -0.25) is 0 Å². The largest absolute Gasteiger partial charge is 0.398 e. The molecule has 0 radical (unpaired) electrons. The number of nitrogens with two attached hydrogens (primary N) is 1. The van der Waals surface area contributed by atoms with Gasteiger partial charge in [-0.25, -0.2) is 13.1 Å². The molecule has 0 amide bonds. The lowest BCUT2D eigenvalue weighted by Gasteiger charge is -2.11. The number of hydrogen-bond donors (Lipinski definition) is 3. The third kappa shape index (κ3) is 3.75. The Kier molecular flexibility index (Phi) is 4.55. The van der Waals surface area contributed by atoms with Crippen molar-refractivity contribution in [2.75, 3.05) is 18.1 Å². The summed E-state index contributed by atoms with van der Waals surface area (Å²) in [6, 6.07) is 10.7. The van der Waals surface area contributed by atoms with Crippen LogP contribution in [0.2, 0.25) is 0 Å². The number of rotatable bonds is 4. The number of anilines is 3. The number of hydrogen-bond acceptors (Lipinski definition) is 4. The Morgan fingerprint density at radius 2 is 1.81 bits per heavy atom. The molecule has 112 valence electrons. The van der Waals surface area contributed by atoms with E-state index in [1.54, 1.807) is 12.1 Å². The summed E-state index contributed by atoms with van der Waals surface area (Å²) in [6.45, 7) is 1.99. The van der Waals surface area contributed by atoms with Gasteiger partial charge in [0.05, 0.1) is 5.69 Å². The average Bonchev–Trinajstić information content (AvgIpc) is 2.37. The number of halogens is 1. The van der Waals surface area contributed by atoms with E-state index in [1.807, 2.05) is 25.1 Å². The van der Waals surface area contributed by atoms with Crippen molar-refractivity contribution >= 4 is 43.0 Å². The molecule has 0 aromatic heterocycles. The van der Waals surface area contributed by atoms with E-state index < -0.39 is 10.0 Å². The molecule has 2 aromatic carbocycles. The highest BCUT2D eigenvalue weighted by atomic mass is 79.9. The van der Waals surface area contributed by atoms with E-state index in [0.717, 1.165) is 21.4 Å². The Hall–Kier alpha value is -1.57. The summed E-state index contributed by atoms with van der Waals surface area (Å²) in [4.78, 5) is 0.0703. The van der Waals surface area contributed by atoms with Crippen molar-refractivity contribution < 1.29 is 8.42 Å². The van der Waals surface area contributed by atoms with Crippen LogP contribution in [0.1, 0.15) is 5.56 Å². The van der Waals surface area contributed by atoms with Crippen LogP contribution >= 0.6 is 15.9 Å². The third-order valence-corrected chi connectivity index (χ3v) is 4.84. The summed E-state index contributed by atoms with van der Waals surface area (Å²) in [5.41, 5.74) is 8.75. The molecule has 5 nitrogen and oxygen atoms in total. The maximum Gasteiger partial charge on any atom is 0.242 e. The van der Waals surface area contributed by atoms with Crippen LogP contribution in [0, 0.1) is 6.92 Å². The first-order valence-electron chi connectivity index (χ1n) is 6.19. The van der Waals surface area contributed by atoms with Crippen molar-refractivity contribution in [3.63, 3.8) is 0 Å². The Bertz CT molecular complexity index is 756. The van der Waals surface area contributed by atoms with Crippen LogP contribution in [-0.2, 0) is 10.0 Å². The molecule has 0 heterocycles. The zero-order valence-electron chi connectivity index (χ0n) is 11.6. The van der Waals surface area contributed by atoms with Crippen LogP contribution in [0.3, 0.4) is 0 Å². The van der Waals surface area contributed by atoms with Gasteiger partial charge in [0.25, 0.3) is 0 Å². The minimum absolute atomic E-state index is 0.0703. The normalized spacial score (nSPS) is 11.4. The summed E-state index contributed by atoms with van der Waals surface area (Å²) in [6.07, 6.45) is 0. The quantitative estimate of drug-likeness (QED) is 0.723. The highest BCUT2D eigenvalue weighted by Gasteiger charge is 2.15. The Morgan fingerprint density at radius 1 is 1.10 bits per heavy atom. The van der Waals surface area contributed by atoms with E-state index in [4.69, 9.17) is 5.73 Å². The molecule has 0 unspecified atom stereocenters. The van der Waals surface area contributed by atoms with Gasteiger partial charge in [0.15, 0.2) is 0 Å². The van der Waals surface area contributed by atoms with Gasteiger partial charge in [-0.15, -0.1) is 0 Å². The molecule has 2 rings (SSSR count). The molecule has 4 N–H and O–H groups in total. The molecule has 0 saturated carbocycles. The van der Waals surface area contributed by atoms with Crippen LogP contribution in [0.15, 0.2) is 45.8 Å². The summed E-state index contributed by atoms with van der Waals surface area (Å²) in [5, 5.41) is 3.20. The number of sulfonamides is 1. The first kappa shape index (κ1) is 15.8. The molecule has 0 saturated heterocycles. The van der Waals surface area contributed by atoms with Gasteiger partial charge in [0, 0.05) is 15.8 Å². The van der Waals surface area contributed by atoms with Crippen molar-refractivity contribution in [3.8, 4) is 0 Å². The number of aryl methyl sites for hydroxylation is 1. The lowest BCUT2D eigenvalue weighted by atomic mass is 10.2. The van der Waals surface area contributed by atoms with Crippen LogP contribution in [-0.4, -0.2) is 15.5 Å². The minimum atomic E-state index is -3.54. The Labute approximate surface area is 132 Å². The van der Waals surface area contributed by atoms with Crippen molar-refractivity contribution in [1.82, 2.24) is 4.72 Å². The molecule has 2 aromatic rings. The molecule has 21 heavy (non-hydrogen) atoms. The molecule has 0 spiro atoms. The first-order chi connectivity index (χ1) is 9.81. The number of benzene rings is 2. The monoisotopic (exact) mass is 369 g/mol. The second-order valence-electron chi connectivity index (χ2n) is 4.60. The highest BCUT2D eigenvalue weighted by molar-refractivity contribution is 9.10. The lowest BCUT2D eigenvalue weighted by Crippen LogP contribution is -2.19. The van der Waals surface area contributed by atoms with Gasteiger partial charge in [-0.2, -0.15) is 0 Å². The van der Waals surface area contributed by atoms with Crippen molar-refractivity contribution in [2.24, 2.45) is 0 Å². The molecule has 0 bridgehead atoms. The fourth-order valence-electron chi connectivity index (χ4n) is 1.96. The van der Waals surface area contributed by atoms with Gasteiger partial charge < -0.3 is 11.1 Å². The van der Waals surface area contributed by atoms with E-state index >= 15 is 0 Å². The van der Waals surface area contributed by atoms with Gasteiger partial charge in [0.2, 0.25) is 10.0 Å². The van der Waals surface area contributed by atoms with Crippen LogP contribution in [0.25, 0.3) is 0 Å². The fraction of sp³-hybridized carbons (Fsp3) is 0.143. The molecule has 0 atom stereocenters. The van der Waals surface area contributed by atoms with Crippen molar-refractivity contribution in [3.05, 3.63) is 46.4 Å². The topological polar surface area (TPSA) is 84.2 Å². The van der Waals surface area contributed by atoms with Crippen LogP contribution < -0.4 is 15.8 Å². The summed E-state index contributed by atoms with van der Waals surface area (Å²) in [7, 11) is -2.19. The predicted octanol–water partition coefficient (Wildman–Crippen LogP) is 2.99. The van der Waals surface area contributed by atoms with Crippen LogP contribution in [0.4, 0.5) is 17.1 Å². The summed E-state index contributed by atoms with van der Waals surface area (Å²) >= 11 is 3.44. The lowest BCUT2D eigenvalue weighted by molar-refractivity contribution is 0.588. The van der Waals surface area contributed by atoms with E-state index in [0.29, 0.717) is 0 Å². The zero-order valence-corrected chi connectivity index (χ0v) is 14.0. The van der Waals surface area contributed by atoms with E-state index in [-0.39, 0.29) is 10.6 Å². The fourth-order valence-corrected chi connectivity index (χ4v) is 3.40. The standard InChI is InChI=1S/C14H16BrN3O2S/c1-9-5-10(15)7-12(6-9)18-11-3-4-14(13(16)8-11)21(19,20)17-2/h3-8,17-18H,16H2,1-2H3. The zero-order chi connectivity index (χ0) is 15.6. The van der Waals surface area contributed by atoms with E-state index in [9.17, 15) is 8.42 Å².